The van der Waals surface area contributed by atoms with E-state index >= 15 is 4.39 Å². The molecule has 0 unspecified atom stereocenters. The summed E-state index contributed by atoms with van der Waals surface area (Å²) >= 11 is 1.68. The molecule has 5 heterocycles. The van der Waals surface area contributed by atoms with Crippen LogP contribution in [-0.4, -0.2) is 63.2 Å². The highest BCUT2D eigenvalue weighted by atomic mass is 32.1. The molecule has 3 aliphatic heterocycles. The van der Waals surface area contributed by atoms with Crippen molar-refractivity contribution in [2.75, 3.05) is 31.1 Å². The van der Waals surface area contributed by atoms with Crippen molar-refractivity contribution >= 4 is 28.8 Å². The molecular weight excluding hydrogens is 539 g/mol. The minimum Gasteiger partial charge on any atom is -0.444 e. The summed E-state index contributed by atoms with van der Waals surface area (Å²) in [5.74, 6) is 1.31. The molecule has 1 amide bonds. The molecule has 2 saturated heterocycles. The largest absolute Gasteiger partial charge is 0.444 e. The number of aryl methyl sites for hydroxylation is 2. The first kappa shape index (κ1) is 27.9. The number of piperidine rings is 1. The van der Waals surface area contributed by atoms with Gasteiger partial charge in [-0.15, -0.1) is 21.5 Å². The molecule has 6 rings (SSSR count). The van der Waals surface area contributed by atoms with Crippen molar-refractivity contribution in [2.24, 2.45) is 10.4 Å². The Bertz CT molecular complexity index is 1540. The lowest BCUT2D eigenvalue weighted by Crippen LogP contribution is -2.43. The fourth-order valence-electron chi connectivity index (χ4n) is 6.42. The normalized spacial score (nSPS) is 20.1. The molecule has 3 aliphatic rings. The number of ether oxygens (including phenoxy) is 1. The standard InChI is InChI=1S/C31H39FN6O2S/c1-18-20(3)41-28-25(18)26(33-19(2)27-35-34-21(4)38(27)28)23-9-8-22(16-24(23)32)36-13-10-31(11-14-36)12-15-37(17-31)29(39)40-30(5,6)7/h8-9,16,19H,10-15,17H2,1-7H3/t19-/m0/s1. The van der Waals surface area contributed by atoms with E-state index in [4.69, 9.17) is 9.73 Å². The zero-order valence-electron chi connectivity index (χ0n) is 25.0. The van der Waals surface area contributed by atoms with Crippen molar-refractivity contribution in [1.29, 1.82) is 0 Å². The van der Waals surface area contributed by atoms with Gasteiger partial charge >= 0.3 is 6.09 Å². The molecule has 41 heavy (non-hydrogen) atoms. The third kappa shape index (κ3) is 4.94. The number of thiophene rings is 1. The maximum atomic E-state index is 16.0. The topological polar surface area (TPSA) is 75.8 Å². The van der Waals surface area contributed by atoms with Crippen molar-refractivity contribution < 1.29 is 13.9 Å². The molecule has 10 heteroatoms. The monoisotopic (exact) mass is 578 g/mol. The molecular formula is C31H39FN6O2S. The summed E-state index contributed by atoms with van der Waals surface area (Å²) in [7, 11) is 0. The highest BCUT2D eigenvalue weighted by Gasteiger charge is 2.43. The van der Waals surface area contributed by atoms with E-state index in [1.165, 1.54) is 4.88 Å². The van der Waals surface area contributed by atoms with Crippen LogP contribution in [0.5, 0.6) is 0 Å². The van der Waals surface area contributed by atoms with Crippen molar-refractivity contribution in [1.82, 2.24) is 19.7 Å². The van der Waals surface area contributed by atoms with E-state index in [1.54, 1.807) is 17.4 Å². The number of nitrogens with zero attached hydrogens (tertiary/aromatic N) is 6. The Morgan fingerprint density at radius 2 is 1.80 bits per heavy atom. The highest BCUT2D eigenvalue weighted by molar-refractivity contribution is 7.15. The van der Waals surface area contributed by atoms with Crippen LogP contribution in [0.25, 0.3) is 5.00 Å². The van der Waals surface area contributed by atoms with Crippen LogP contribution in [-0.2, 0) is 4.74 Å². The van der Waals surface area contributed by atoms with Crippen LogP contribution in [0.1, 0.15) is 86.2 Å². The average Bonchev–Trinajstić information content (AvgIpc) is 3.56. The first-order valence-electron chi connectivity index (χ1n) is 14.5. The summed E-state index contributed by atoms with van der Waals surface area (Å²) in [6.45, 7) is 16.9. The molecule has 0 bridgehead atoms. The van der Waals surface area contributed by atoms with Gasteiger partial charge in [0.1, 0.15) is 28.3 Å². The summed E-state index contributed by atoms with van der Waals surface area (Å²) in [4.78, 5) is 22.9. The van der Waals surface area contributed by atoms with E-state index < -0.39 is 5.60 Å². The van der Waals surface area contributed by atoms with E-state index in [-0.39, 0.29) is 23.4 Å². The summed E-state index contributed by atoms with van der Waals surface area (Å²) < 4.78 is 23.7. The Labute approximate surface area is 245 Å². The Morgan fingerprint density at radius 1 is 1.10 bits per heavy atom. The van der Waals surface area contributed by atoms with Crippen LogP contribution in [0.2, 0.25) is 0 Å². The first-order valence-corrected chi connectivity index (χ1v) is 15.3. The van der Waals surface area contributed by atoms with E-state index in [2.05, 4.69) is 33.5 Å². The molecule has 8 nitrogen and oxygen atoms in total. The van der Waals surface area contributed by atoms with Crippen molar-refractivity contribution in [2.45, 2.75) is 79.4 Å². The van der Waals surface area contributed by atoms with Gasteiger partial charge in [-0.05, 0) is 96.9 Å². The minimum atomic E-state index is -0.493. The Hall–Kier alpha value is -3.27. The molecule has 0 aliphatic carbocycles. The Kier molecular flexibility index (Phi) is 6.75. The Morgan fingerprint density at radius 3 is 2.49 bits per heavy atom. The Balaban J connectivity index is 1.22. The molecule has 3 aromatic rings. The van der Waals surface area contributed by atoms with Crippen LogP contribution in [0.4, 0.5) is 14.9 Å². The number of hydrogen-bond donors (Lipinski definition) is 0. The number of benzene rings is 1. The molecule has 2 aromatic heterocycles. The lowest BCUT2D eigenvalue weighted by molar-refractivity contribution is 0.0266. The quantitative estimate of drug-likeness (QED) is 0.346. The molecule has 0 N–H and O–H groups in total. The number of rotatable bonds is 2. The molecule has 0 radical (unpaired) electrons. The summed E-state index contributed by atoms with van der Waals surface area (Å²) in [5.41, 5.74) is 3.76. The number of aliphatic imine (C=N–C) groups is 1. The van der Waals surface area contributed by atoms with Gasteiger partial charge in [-0.2, -0.15) is 0 Å². The first-order chi connectivity index (χ1) is 19.4. The van der Waals surface area contributed by atoms with Crippen molar-refractivity contribution in [3.05, 3.63) is 57.2 Å². The predicted molar refractivity (Wildman–Crippen MR) is 160 cm³/mol. The zero-order valence-corrected chi connectivity index (χ0v) is 25.9. The number of fused-ring (bicyclic) bond motifs is 3. The second-order valence-electron chi connectivity index (χ2n) is 12.9. The van der Waals surface area contributed by atoms with Crippen molar-refractivity contribution in [3.63, 3.8) is 0 Å². The van der Waals surface area contributed by atoms with Crippen LogP contribution < -0.4 is 4.90 Å². The predicted octanol–water partition coefficient (Wildman–Crippen LogP) is 6.53. The third-order valence-corrected chi connectivity index (χ3v) is 10.0. The van der Waals surface area contributed by atoms with Gasteiger partial charge in [-0.1, -0.05) is 0 Å². The summed E-state index contributed by atoms with van der Waals surface area (Å²) in [6, 6.07) is 5.31. The number of amides is 1. The van der Waals surface area contributed by atoms with Crippen molar-refractivity contribution in [3.8, 4) is 5.00 Å². The average molecular weight is 579 g/mol. The highest BCUT2D eigenvalue weighted by Crippen LogP contribution is 2.43. The molecule has 1 aromatic carbocycles. The lowest BCUT2D eigenvalue weighted by atomic mass is 9.77. The number of hydrogen-bond acceptors (Lipinski definition) is 7. The number of carbonyl (C=O) groups is 1. The van der Waals surface area contributed by atoms with E-state index in [0.29, 0.717) is 11.3 Å². The minimum absolute atomic E-state index is 0.111. The van der Waals surface area contributed by atoms with Crippen LogP contribution in [0.15, 0.2) is 23.2 Å². The fourth-order valence-corrected chi connectivity index (χ4v) is 7.64. The van der Waals surface area contributed by atoms with Crippen LogP contribution in [0, 0.1) is 32.0 Å². The maximum absolute atomic E-state index is 16.0. The van der Waals surface area contributed by atoms with Gasteiger partial charge in [0.15, 0.2) is 5.82 Å². The van der Waals surface area contributed by atoms with Crippen LogP contribution >= 0.6 is 11.3 Å². The van der Waals surface area contributed by atoms with Gasteiger partial charge in [-0.3, -0.25) is 9.56 Å². The van der Waals surface area contributed by atoms with E-state index in [9.17, 15) is 4.79 Å². The maximum Gasteiger partial charge on any atom is 0.410 e. The van der Waals surface area contributed by atoms with Gasteiger partial charge in [0.05, 0.1) is 5.71 Å². The number of likely N-dealkylation sites (tertiary alicyclic amines) is 1. The number of halogens is 1. The summed E-state index contributed by atoms with van der Waals surface area (Å²) in [5, 5.41) is 9.71. The van der Waals surface area contributed by atoms with Gasteiger partial charge in [0.2, 0.25) is 0 Å². The van der Waals surface area contributed by atoms with E-state index in [0.717, 1.165) is 78.9 Å². The second-order valence-corrected chi connectivity index (χ2v) is 14.1. The van der Waals surface area contributed by atoms with Gasteiger partial charge in [-0.25, -0.2) is 9.18 Å². The summed E-state index contributed by atoms with van der Waals surface area (Å²) in [6.07, 6.45) is 2.70. The van der Waals surface area contributed by atoms with Gasteiger partial charge in [0.25, 0.3) is 0 Å². The lowest BCUT2D eigenvalue weighted by Gasteiger charge is -2.40. The smallest absolute Gasteiger partial charge is 0.410 e. The van der Waals surface area contributed by atoms with Gasteiger partial charge in [0, 0.05) is 47.9 Å². The van der Waals surface area contributed by atoms with Gasteiger partial charge < -0.3 is 14.5 Å². The molecule has 2 fully saturated rings. The SMILES string of the molecule is Cc1sc2c(c1C)C(c1ccc(N3CCC4(CCN(C(=O)OC(C)(C)C)C4)CC3)cc1F)=N[C@@H](C)c1nnc(C)n1-2. The molecule has 1 spiro atoms. The number of aromatic nitrogens is 3. The third-order valence-electron chi connectivity index (χ3n) is 8.84. The molecule has 218 valence electrons. The number of carbonyl (C=O) groups excluding carboxylic acids is 1. The molecule has 1 atom stereocenters. The fraction of sp³-hybridized carbons (Fsp3) is 0.548. The second kappa shape index (κ2) is 9.93. The molecule has 0 saturated carbocycles. The number of anilines is 1. The van der Waals surface area contributed by atoms with E-state index in [1.807, 2.05) is 51.7 Å². The van der Waals surface area contributed by atoms with Crippen LogP contribution in [0.3, 0.4) is 0 Å². The zero-order chi connectivity index (χ0) is 29.3.